The number of pyridine rings is 1. The Morgan fingerprint density at radius 3 is 2.78 bits per heavy atom. The second-order valence-electron chi connectivity index (χ2n) is 8.17. The highest BCUT2D eigenvalue weighted by atomic mass is 35.5. The van der Waals surface area contributed by atoms with E-state index in [1.54, 1.807) is 0 Å². The van der Waals surface area contributed by atoms with Gasteiger partial charge in [-0.25, -0.2) is 4.98 Å². The third-order valence-electron chi connectivity index (χ3n) is 5.75. The maximum atomic E-state index is 13.1. The molecule has 0 radical (unpaired) electrons. The van der Waals surface area contributed by atoms with Gasteiger partial charge >= 0.3 is 0 Å². The van der Waals surface area contributed by atoms with Gasteiger partial charge in [0.1, 0.15) is 0 Å². The Hall–Kier alpha value is -1.66. The van der Waals surface area contributed by atoms with Gasteiger partial charge in [-0.05, 0) is 56.7 Å². The Labute approximate surface area is 166 Å². The highest BCUT2D eigenvalue weighted by Crippen LogP contribution is 2.40. The number of carbonyl (C=O) groups is 1. The second kappa shape index (κ2) is 8.15. The van der Waals surface area contributed by atoms with E-state index >= 15 is 0 Å². The lowest BCUT2D eigenvalue weighted by Crippen LogP contribution is -2.43. The SMILES string of the molecule is CCCc1noc2nc(C3CC3)cc(C(=O)NCC3(C)CCNCC3)c12.Cl. The van der Waals surface area contributed by atoms with Crippen molar-refractivity contribution in [2.75, 3.05) is 19.6 Å². The van der Waals surface area contributed by atoms with Crippen LogP contribution < -0.4 is 10.6 Å². The van der Waals surface area contributed by atoms with Crippen LogP contribution >= 0.6 is 12.4 Å². The first-order chi connectivity index (χ1) is 12.6. The maximum Gasteiger partial charge on any atom is 0.259 e. The molecule has 4 rings (SSSR count). The van der Waals surface area contributed by atoms with Crippen LogP contribution in [0.1, 0.15) is 73.6 Å². The summed E-state index contributed by atoms with van der Waals surface area (Å²) in [6.07, 6.45) is 6.20. The monoisotopic (exact) mass is 392 g/mol. The minimum atomic E-state index is -0.0281. The lowest BCUT2D eigenvalue weighted by atomic mass is 9.81. The molecule has 0 bridgehead atoms. The highest BCUT2D eigenvalue weighted by Gasteiger charge is 2.30. The Morgan fingerprint density at radius 2 is 2.11 bits per heavy atom. The molecule has 2 aromatic heterocycles. The maximum absolute atomic E-state index is 13.1. The molecule has 2 aliphatic rings. The summed E-state index contributed by atoms with van der Waals surface area (Å²) in [5, 5.41) is 11.6. The molecule has 2 N–H and O–H groups in total. The van der Waals surface area contributed by atoms with Gasteiger partial charge in [-0.3, -0.25) is 4.79 Å². The highest BCUT2D eigenvalue weighted by molar-refractivity contribution is 6.06. The van der Waals surface area contributed by atoms with Crippen molar-refractivity contribution in [1.29, 1.82) is 0 Å². The van der Waals surface area contributed by atoms with Crippen LogP contribution in [0, 0.1) is 5.41 Å². The van der Waals surface area contributed by atoms with Gasteiger partial charge in [-0.2, -0.15) is 0 Å². The van der Waals surface area contributed by atoms with Crippen molar-refractivity contribution in [2.24, 2.45) is 5.41 Å². The molecular formula is C20H29ClN4O2. The third kappa shape index (κ3) is 4.27. The summed E-state index contributed by atoms with van der Waals surface area (Å²) in [6.45, 7) is 7.09. The zero-order chi connectivity index (χ0) is 18.1. The van der Waals surface area contributed by atoms with Crippen LogP contribution in [0.2, 0.25) is 0 Å². The van der Waals surface area contributed by atoms with Crippen LogP contribution in [0.15, 0.2) is 10.6 Å². The second-order valence-corrected chi connectivity index (χ2v) is 8.17. The lowest BCUT2D eigenvalue weighted by molar-refractivity contribution is 0.0923. The molecule has 7 heteroatoms. The van der Waals surface area contributed by atoms with Crippen molar-refractivity contribution >= 4 is 29.4 Å². The zero-order valence-electron chi connectivity index (χ0n) is 16.1. The standard InChI is InChI=1S/C20H28N4O2.ClH/c1-3-4-15-17-14(11-16(13-5-6-13)23-19(17)26-24-15)18(25)22-12-20(2)7-9-21-10-8-20;/h11,13,21H,3-10,12H2,1-2H3,(H,22,25);1H. The fourth-order valence-corrected chi connectivity index (χ4v) is 3.80. The number of nitrogens with one attached hydrogen (secondary N) is 2. The molecule has 27 heavy (non-hydrogen) atoms. The van der Waals surface area contributed by atoms with Gasteiger partial charge in [-0.1, -0.05) is 25.4 Å². The summed E-state index contributed by atoms with van der Waals surface area (Å²) >= 11 is 0. The van der Waals surface area contributed by atoms with Crippen molar-refractivity contribution in [3.05, 3.63) is 23.0 Å². The number of piperidine rings is 1. The molecule has 2 aromatic rings. The van der Waals surface area contributed by atoms with Gasteiger partial charge in [0.25, 0.3) is 11.6 Å². The van der Waals surface area contributed by atoms with E-state index in [2.05, 4.69) is 34.6 Å². The molecule has 1 aliphatic heterocycles. The topological polar surface area (TPSA) is 80.0 Å². The first kappa shape index (κ1) is 20.1. The van der Waals surface area contributed by atoms with E-state index in [4.69, 9.17) is 4.52 Å². The van der Waals surface area contributed by atoms with Crippen LogP contribution in [-0.4, -0.2) is 35.7 Å². The van der Waals surface area contributed by atoms with Gasteiger partial charge in [0.05, 0.1) is 16.6 Å². The Bertz CT molecular complexity index is 810. The molecule has 1 amide bonds. The van der Waals surface area contributed by atoms with Gasteiger partial charge in [0, 0.05) is 18.2 Å². The van der Waals surface area contributed by atoms with Crippen LogP contribution in [0.3, 0.4) is 0 Å². The molecule has 1 saturated heterocycles. The number of fused-ring (bicyclic) bond motifs is 1. The Morgan fingerprint density at radius 1 is 1.37 bits per heavy atom. The van der Waals surface area contributed by atoms with Crippen molar-refractivity contribution in [2.45, 2.75) is 58.3 Å². The van der Waals surface area contributed by atoms with Crippen LogP contribution in [0.4, 0.5) is 0 Å². The first-order valence-corrected chi connectivity index (χ1v) is 9.88. The van der Waals surface area contributed by atoms with Gasteiger partial charge in [0.2, 0.25) is 0 Å². The fourth-order valence-electron chi connectivity index (χ4n) is 3.80. The smallest absolute Gasteiger partial charge is 0.259 e. The zero-order valence-corrected chi connectivity index (χ0v) is 17.0. The Balaban J connectivity index is 0.00000210. The molecular weight excluding hydrogens is 364 g/mol. The number of carbonyl (C=O) groups excluding carboxylic acids is 1. The average molecular weight is 393 g/mol. The molecule has 6 nitrogen and oxygen atoms in total. The van der Waals surface area contributed by atoms with Crippen molar-refractivity contribution in [3.8, 4) is 0 Å². The van der Waals surface area contributed by atoms with Crippen molar-refractivity contribution < 1.29 is 9.32 Å². The van der Waals surface area contributed by atoms with E-state index in [-0.39, 0.29) is 23.7 Å². The molecule has 148 valence electrons. The first-order valence-electron chi connectivity index (χ1n) is 9.88. The lowest BCUT2D eigenvalue weighted by Gasteiger charge is -2.34. The number of amides is 1. The number of hydrogen-bond donors (Lipinski definition) is 2. The summed E-state index contributed by atoms with van der Waals surface area (Å²) < 4.78 is 5.48. The Kier molecular flexibility index (Phi) is 6.06. The number of rotatable bonds is 6. The molecule has 0 atom stereocenters. The summed E-state index contributed by atoms with van der Waals surface area (Å²) in [5.41, 5.74) is 3.16. The summed E-state index contributed by atoms with van der Waals surface area (Å²) in [4.78, 5) is 17.7. The van der Waals surface area contributed by atoms with Crippen molar-refractivity contribution in [1.82, 2.24) is 20.8 Å². The molecule has 2 fully saturated rings. The van der Waals surface area contributed by atoms with Gasteiger partial charge < -0.3 is 15.2 Å². The molecule has 1 saturated carbocycles. The van der Waals surface area contributed by atoms with E-state index in [0.29, 0.717) is 23.7 Å². The molecule has 3 heterocycles. The van der Waals surface area contributed by atoms with E-state index in [0.717, 1.165) is 68.4 Å². The van der Waals surface area contributed by atoms with Gasteiger partial charge in [0.15, 0.2) is 0 Å². The van der Waals surface area contributed by atoms with Gasteiger partial charge in [-0.15, -0.1) is 12.4 Å². The van der Waals surface area contributed by atoms with Crippen LogP contribution in [0.25, 0.3) is 11.1 Å². The minimum Gasteiger partial charge on any atom is -0.351 e. The number of aromatic nitrogens is 2. The minimum absolute atomic E-state index is 0. The number of nitrogens with zero attached hydrogens (tertiary/aromatic N) is 2. The van der Waals surface area contributed by atoms with E-state index < -0.39 is 0 Å². The molecule has 0 spiro atoms. The summed E-state index contributed by atoms with van der Waals surface area (Å²) in [5.74, 6) is 0.437. The predicted molar refractivity (Wildman–Crippen MR) is 108 cm³/mol. The largest absolute Gasteiger partial charge is 0.351 e. The molecule has 0 unspecified atom stereocenters. The number of aryl methyl sites for hydroxylation is 1. The molecule has 0 aromatic carbocycles. The normalized spacial score (nSPS) is 18.9. The average Bonchev–Trinajstić information content (AvgIpc) is 3.42. The fraction of sp³-hybridized carbons (Fsp3) is 0.650. The summed E-state index contributed by atoms with van der Waals surface area (Å²) in [7, 11) is 0. The van der Waals surface area contributed by atoms with Crippen LogP contribution in [0.5, 0.6) is 0 Å². The van der Waals surface area contributed by atoms with E-state index in [1.165, 1.54) is 0 Å². The summed E-state index contributed by atoms with van der Waals surface area (Å²) in [6, 6.07) is 1.97. The quantitative estimate of drug-likeness (QED) is 0.785. The van der Waals surface area contributed by atoms with Crippen molar-refractivity contribution in [3.63, 3.8) is 0 Å². The van der Waals surface area contributed by atoms with E-state index in [1.807, 2.05) is 6.07 Å². The predicted octanol–water partition coefficient (Wildman–Crippen LogP) is 3.59. The molecule has 1 aliphatic carbocycles. The van der Waals surface area contributed by atoms with Crippen LogP contribution in [-0.2, 0) is 6.42 Å². The number of hydrogen-bond acceptors (Lipinski definition) is 5. The number of halogens is 1. The van der Waals surface area contributed by atoms with E-state index in [9.17, 15) is 4.79 Å². The third-order valence-corrected chi connectivity index (χ3v) is 5.75.